The number of hydrogen-bond donors (Lipinski definition) is 1. The first-order valence-corrected chi connectivity index (χ1v) is 7.51. The van der Waals surface area contributed by atoms with Gasteiger partial charge in [-0.25, -0.2) is 0 Å². The minimum atomic E-state index is -4.11. The lowest BCUT2D eigenvalue weighted by Crippen LogP contribution is -2.41. The maximum Gasteiger partial charge on any atom is 0.401 e. The largest absolute Gasteiger partial charge is 0.401 e. The molecular formula is C14H23F3N4O. The van der Waals surface area contributed by atoms with Gasteiger partial charge in [0.05, 0.1) is 6.54 Å². The predicted octanol–water partition coefficient (Wildman–Crippen LogP) is 3.05. The molecule has 0 atom stereocenters. The third kappa shape index (κ3) is 5.15. The molecule has 5 nitrogen and oxygen atoms in total. The molecule has 1 aromatic heterocycles. The molecule has 1 aliphatic heterocycles. The van der Waals surface area contributed by atoms with Gasteiger partial charge in [0.1, 0.15) is 0 Å². The standard InChI is InChI=1S/C14H23F3N4O/c1-13(2,3)11-19-12(20-22-11)18-8-10-4-6-21(7-5-10)9-14(15,16)17/h10H,4-9H2,1-3H3,(H,18,20). The van der Waals surface area contributed by atoms with Crippen LogP contribution < -0.4 is 5.32 Å². The Morgan fingerprint density at radius 1 is 1.23 bits per heavy atom. The van der Waals surface area contributed by atoms with Crippen LogP contribution in [0, 0.1) is 5.92 Å². The van der Waals surface area contributed by atoms with Crippen molar-refractivity contribution >= 4 is 5.95 Å². The van der Waals surface area contributed by atoms with E-state index in [9.17, 15) is 13.2 Å². The first-order valence-electron chi connectivity index (χ1n) is 7.51. The zero-order valence-electron chi connectivity index (χ0n) is 13.2. The number of alkyl halides is 3. The van der Waals surface area contributed by atoms with Crippen LogP contribution in [0.3, 0.4) is 0 Å². The van der Waals surface area contributed by atoms with Gasteiger partial charge in [0.25, 0.3) is 5.95 Å². The van der Waals surface area contributed by atoms with Crippen molar-refractivity contribution < 1.29 is 17.7 Å². The average molecular weight is 320 g/mol. The maximum atomic E-state index is 12.3. The summed E-state index contributed by atoms with van der Waals surface area (Å²) >= 11 is 0. The fraction of sp³-hybridized carbons (Fsp3) is 0.857. The van der Waals surface area contributed by atoms with Crippen LogP contribution in [0.1, 0.15) is 39.5 Å². The van der Waals surface area contributed by atoms with Crippen molar-refractivity contribution in [2.45, 2.75) is 45.2 Å². The fourth-order valence-corrected chi connectivity index (χ4v) is 2.44. The van der Waals surface area contributed by atoms with Crippen molar-refractivity contribution in [3.8, 4) is 0 Å². The summed E-state index contributed by atoms with van der Waals surface area (Å²) in [7, 11) is 0. The van der Waals surface area contributed by atoms with E-state index >= 15 is 0 Å². The quantitative estimate of drug-likeness (QED) is 0.924. The topological polar surface area (TPSA) is 54.2 Å². The van der Waals surface area contributed by atoms with Crippen molar-refractivity contribution in [3.05, 3.63) is 5.89 Å². The van der Waals surface area contributed by atoms with Crippen LogP contribution in [0.4, 0.5) is 19.1 Å². The van der Waals surface area contributed by atoms with E-state index in [-0.39, 0.29) is 5.41 Å². The summed E-state index contributed by atoms with van der Waals surface area (Å²) in [4.78, 5) is 5.74. The maximum absolute atomic E-state index is 12.3. The van der Waals surface area contributed by atoms with Crippen LogP contribution >= 0.6 is 0 Å². The molecule has 0 spiro atoms. The number of likely N-dealkylation sites (tertiary alicyclic amines) is 1. The van der Waals surface area contributed by atoms with Crippen molar-refractivity contribution in [3.63, 3.8) is 0 Å². The van der Waals surface area contributed by atoms with Gasteiger partial charge in [-0.1, -0.05) is 20.8 Å². The molecule has 1 N–H and O–H groups in total. The summed E-state index contributed by atoms with van der Waals surface area (Å²) < 4.78 is 42.2. The van der Waals surface area contributed by atoms with Crippen LogP contribution in [0.15, 0.2) is 4.52 Å². The lowest BCUT2D eigenvalue weighted by atomic mass is 9.97. The molecule has 2 rings (SSSR count). The van der Waals surface area contributed by atoms with E-state index in [2.05, 4.69) is 15.5 Å². The molecule has 2 heterocycles. The molecule has 8 heteroatoms. The molecule has 126 valence electrons. The van der Waals surface area contributed by atoms with Gasteiger partial charge in [-0.3, -0.25) is 4.90 Å². The van der Waals surface area contributed by atoms with E-state index in [0.717, 1.165) is 12.8 Å². The van der Waals surface area contributed by atoms with Crippen LogP contribution in [-0.4, -0.2) is 47.4 Å². The van der Waals surface area contributed by atoms with E-state index in [1.807, 2.05) is 20.8 Å². The lowest BCUT2D eigenvalue weighted by Gasteiger charge is -2.32. The average Bonchev–Trinajstić information content (AvgIpc) is 2.85. The monoisotopic (exact) mass is 320 g/mol. The second kappa shape index (κ2) is 6.44. The Kier molecular flexibility index (Phi) is 4.99. The number of nitrogens with zero attached hydrogens (tertiary/aromatic N) is 3. The van der Waals surface area contributed by atoms with Crippen LogP contribution in [0.5, 0.6) is 0 Å². The Labute approximate surface area is 128 Å². The first kappa shape index (κ1) is 17.1. The summed E-state index contributed by atoms with van der Waals surface area (Å²) in [6, 6.07) is 0. The summed E-state index contributed by atoms with van der Waals surface area (Å²) in [5, 5.41) is 6.99. The van der Waals surface area contributed by atoms with E-state index < -0.39 is 12.7 Å². The van der Waals surface area contributed by atoms with Gasteiger partial charge in [0.15, 0.2) is 0 Å². The van der Waals surface area contributed by atoms with Crippen molar-refractivity contribution in [2.24, 2.45) is 5.92 Å². The Morgan fingerprint density at radius 2 is 1.86 bits per heavy atom. The predicted molar refractivity (Wildman–Crippen MR) is 76.7 cm³/mol. The van der Waals surface area contributed by atoms with Gasteiger partial charge in [0.2, 0.25) is 5.89 Å². The zero-order chi connectivity index (χ0) is 16.4. The van der Waals surface area contributed by atoms with Gasteiger partial charge < -0.3 is 9.84 Å². The SMILES string of the molecule is CC(C)(C)c1nc(NCC2CCN(CC(F)(F)F)CC2)no1. The number of rotatable bonds is 4. The Morgan fingerprint density at radius 3 is 2.36 bits per heavy atom. The van der Waals surface area contributed by atoms with Crippen molar-refractivity contribution in [2.75, 3.05) is 31.5 Å². The lowest BCUT2D eigenvalue weighted by molar-refractivity contribution is -0.148. The number of piperidine rings is 1. The second-order valence-corrected chi connectivity index (χ2v) is 6.89. The highest BCUT2D eigenvalue weighted by atomic mass is 19.4. The number of aromatic nitrogens is 2. The summed E-state index contributed by atoms with van der Waals surface area (Å²) in [5.41, 5.74) is -0.199. The highest BCUT2D eigenvalue weighted by molar-refractivity contribution is 5.22. The molecule has 0 amide bonds. The normalized spacial score (nSPS) is 18.6. The summed E-state index contributed by atoms with van der Waals surface area (Å²) in [5.74, 6) is 1.35. The van der Waals surface area contributed by atoms with Gasteiger partial charge in [-0.05, 0) is 37.0 Å². The highest BCUT2D eigenvalue weighted by Gasteiger charge is 2.32. The molecule has 0 bridgehead atoms. The molecule has 0 aliphatic carbocycles. The van der Waals surface area contributed by atoms with Crippen LogP contribution in [-0.2, 0) is 5.41 Å². The first-order chi connectivity index (χ1) is 10.1. The minimum Gasteiger partial charge on any atom is -0.351 e. The Hall–Kier alpha value is -1.31. The van der Waals surface area contributed by atoms with Crippen molar-refractivity contribution in [1.82, 2.24) is 15.0 Å². The van der Waals surface area contributed by atoms with Crippen LogP contribution in [0.2, 0.25) is 0 Å². The van der Waals surface area contributed by atoms with Gasteiger partial charge in [0, 0.05) is 12.0 Å². The fourth-order valence-electron chi connectivity index (χ4n) is 2.44. The minimum absolute atomic E-state index is 0.199. The van der Waals surface area contributed by atoms with Gasteiger partial charge in [-0.15, -0.1) is 0 Å². The molecule has 0 aromatic carbocycles. The number of nitrogens with one attached hydrogen (secondary N) is 1. The molecular weight excluding hydrogens is 297 g/mol. The number of anilines is 1. The molecule has 1 aliphatic rings. The van der Waals surface area contributed by atoms with E-state index in [0.29, 0.717) is 37.4 Å². The summed E-state index contributed by atoms with van der Waals surface area (Å²) in [6.07, 6.45) is -2.63. The second-order valence-electron chi connectivity index (χ2n) is 6.89. The third-order valence-electron chi connectivity index (χ3n) is 3.73. The smallest absolute Gasteiger partial charge is 0.351 e. The third-order valence-corrected chi connectivity index (χ3v) is 3.73. The van der Waals surface area contributed by atoms with E-state index in [4.69, 9.17) is 4.52 Å². The van der Waals surface area contributed by atoms with Crippen molar-refractivity contribution in [1.29, 1.82) is 0 Å². The molecule has 0 unspecified atom stereocenters. The van der Waals surface area contributed by atoms with E-state index in [1.54, 1.807) is 0 Å². The Balaban J connectivity index is 1.74. The van der Waals surface area contributed by atoms with Crippen LogP contribution in [0.25, 0.3) is 0 Å². The summed E-state index contributed by atoms with van der Waals surface area (Å²) in [6.45, 7) is 6.76. The zero-order valence-corrected chi connectivity index (χ0v) is 13.2. The molecule has 1 saturated heterocycles. The van der Waals surface area contributed by atoms with E-state index in [1.165, 1.54) is 4.90 Å². The number of hydrogen-bond acceptors (Lipinski definition) is 5. The van der Waals surface area contributed by atoms with Gasteiger partial charge in [-0.2, -0.15) is 18.2 Å². The molecule has 22 heavy (non-hydrogen) atoms. The molecule has 0 radical (unpaired) electrons. The van der Waals surface area contributed by atoms with Gasteiger partial charge >= 0.3 is 6.18 Å². The molecule has 1 fully saturated rings. The molecule has 0 saturated carbocycles. The Bertz CT molecular complexity index is 473. The number of halogens is 3. The highest BCUT2D eigenvalue weighted by Crippen LogP contribution is 2.24. The molecule has 1 aromatic rings.